The molecular formula is C20H26N2O7. The highest BCUT2D eigenvalue weighted by molar-refractivity contribution is 5.90. The van der Waals surface area contributed by atoms with E-state index in [-0.39, 0.29) is 32.1 Å². The van der Waals surface area contributed by atoms with Crippen LogP contribution in [0.5, 0.6) is 17.2 Å². The zero-order chi connectivity index (χ0) is 21.2. The minimum Gasteiger partial charge on any atom is -0.493 e. The van der Waals surface area contributed by atoms with Gasteiger partial charge in [0, 0.05) is 18.7 Å². The summed E-state index contributed by atoms with van der Waals surface area (Å²) in [5, 5.41) is 2.79. The van der Waals surface area contributed by atoms with Gasteiger partial charge in [0.05, 0.1) is 52.9 Å². The number of carbonyl (C=O) groups is 2. The molecular weight excluding hydrogens is 380 g/mol. The maximum absolute atomic E-state index is 12.9. The van der Waals surface area contributed by atoms with Gasteiger partial charge in [-0.15, -0.1) is 0 Å². The first-order valence-corrected chi connectivity index (χ1v) is 9.06. The summed E-state index contributed by atoms with van der Waals surface area (Å²) in [4.78, 5) is 26.0. The summed E-state index contributed by atoms with van der Waals surface area (Å²) in [5.41, 5.74) is 0.449. The zero-order valence-electron chi connectivity index (χ0n) is 17.0. The number of amides is 2. The largest absolute Gasteiger partial charge is 0.493 e. The van der Waals surface area contributed by atoms with Crippen LogP contribution in [0.1, 0.15) is 19.1 Å². The highest BCUT2D eigenvalue weighted by Crippen LogP contribution is 2.40. The zero-order valence-corrected chi connectivity index (χ0v) is 17.0. The van der Waals surface area contributed by atoms with Gasteiger partial charge in [0.1, 0.15) is 5.76 Å². The Hall–Kier alpha value is -3.36. The Morgan fingerprint density at radius 2 is 1.79 bits per heavy atom. The number of carbonyl (C=O) groups excluding carboxylic acids is 2. The van der Waals surface area contributed by atoms with E-state index in [2.05, 4.69) is 5.32 Å². The first-order valence-electron chi connectivity index (χ1n) is 9.06. The van der Waals surface area contributed by atoms with Crippen LogP contribution in [0.15, 0.2) is 34.9 Å². The van der Waals surface area contributed by atoms with Crippen LogP contribution in [0.4, 0.5) is 10.5 Å². The molecule has 0 saturated heterocycles. The Bertz CT molecular complexity index is 780. The second-order valence-electron chi connectivity index (χ2n) is 5.90. The van der Waals surface area contributed by atoms with E-state index in [1.165, 1.54) is 32.5 Å². The number of esters is 1. The van der Waals surface area contributed by atoms with Gasteiger partial charge in [-0.25, -0.2) is 4.79 Å². The van der Waals surface area contributed by atoms with Crippen LogP contribution in [0.2, 0.25) is 0 Å². The fraction of sp³-hybridized carbons (Fsp3) is 0.400. The molecule has 1 aromatic heterocycles. The molecule has 1 heterocycles. The quantitative estimate of drug-likeness (QED) is 0.604. The van der Waals surface area contributed by atoms with Crippen molar-refractivity contribution in [2.75, 3.05) is 39.8 Å². The molecule has 0 aliphatic rings. The van der Waals surface area contributed by atoms with Gasteiger partial charge >= 0.3 is 12.0 Å². The van der Waals surface area contributed by atoms with E-state index in [1.807, 2.05) is 0 Å². The first-order chi connectivity index (χ1) is 14.0. The fourth-order valence-electron chi connectivity index (χ4n) is 2.66. The molecule has 2 rings (SSSR count). The Morgan fingerprint density at radius 3 is 2.31 bits per heavy atom. The summed E-state index contributed by atoms with van der Waals surface area (Å²) in [7, 11) is 4.48. The third kappa shape index (κ3) is 6.06. The lowest BCUT2D eigenvalue weighted by Crippen LogP contribution is -2.36. The van der Waals surface area contributed by atoms with Crippen molar-refractivity contribution in [1.82, 2.24) is 4.90 Å². The van der Waals surface area contributed by atoms with Crippen molar-refractivity contribution in [3.63, 3.8) is 0 Å². The number of urea groups is 1. The maximum Gasteiger partial charge on any atom is 0.322 e. The number of ether oxygens (including phenoxy) is 4. The van der Waals surface area contributed by atoms with Gasteiger partial charge in [-0.2, -0.15) is 0 Å². The van der Waals surface area contributed by atoms with Gasteiger partial charge in [-0.1, -0.05) is 0 Å². The Balaban J connectivity index is 2.18. The summed E-state index contributed by atoms with van der Waals surface area (Å²) in [6, 6.07) is 6.31. The van der Waals surface area contributed by atoms with E-state index >= 15 is 0 Å². The number of nitrogens with one attached hydrogen (secondary N) is 1. The number of methoxy groups -OCH3 is 3. The highest BCUT2D eigenvalue weighted by atomic mass is 16.5. The summed E-state index contributed by atoms with van der Waals surface area (Å²) < 4.78 is 26.2. The van der Waals surface area contributed by atoms with Crippen molar-refractivity contribution in [2.24, 2.45) is 0 Å². The van der Waals surface area contributed by atoms with Crippen molar-refractivity contribution in [1.29, 1.82) is 0 Å². The van der Waals surface area contributed by atoms with Crippen LogP contribution in [-0.2, 0) is 16.1 Å². The molecule has 1 aromatic carbocycles. The highest BCUT2D eigenvalue weighted by Gasteiger charge is 2.20. The summed E-state index contributed by atoms with van der Waals surface area (Å²) >= 11 is 0. The number of rotatable bonds is 10. The lowest BCUT2D eigenvalue weighted by molar-refractivity contribution is -0.143. The predicted octanol–water partition coefficient (Wildman–Crippen LogP) is 3.29. The van der Waals surface area contributed by atoms with Crippen LogP contribution < -0.4 is 19.5 Å². The third-order valence-corrected chi connectivity index (χ3v) is 4.02. The molecule has 0 bridgehead atoms. The number of hydrogen-bond acceptors (Lipinski definition) is 7. The molecule has 9 nitrogen and oxygen atoms in total. The van der Waals surface area contributed by atoms with Crippen molar-refractivity contribution in [3.05, 3.63) is 36.3 Å². The van der Waals surface area contributed by atoms with E-state index in [1.54, 1.807) is 31.2 Å². The second kappa shape index (κ2) is 10.8. The molecule has 0 fully saturated rings. The number of benzene rings is 1. The molecule has 0 spiro atoms. The van der Waals surface area contributed by atoms with Gasteiger partial charge in [0.15, 0.2) is 11.5 Å². The van der Waals surface area contributed by atoms with Crippen LogP contribution >= 0.6 is 0 Å². The normalized spacial score (nSPS) is 10.2. The van der Waals surface area contributed by atoms with Gasteiger partial charge < -0.3 is 33.6 Å². The van der Waals surface area contributed by atoms with Gasteiger partial charge in [-0.05, 0) is 19.1 Å². The van der Waals surface area contributed by atoms with Crippen LogP contribution in [-0.4, -0.2) is 51.4 Å². The minimum absolute atomic E-state index is 0.0667. The molecule has 1 N–H and O–H groups in total. The lowest BCUT2D eigenvalue weighted by atomic mass is 10.2. The van der Waals surface area contributed by atoms with E-state index in [0.29, 0.717) is 28.7 Å². The molecule has 2 amide bonds. The van der Waals surface area contributed by atoms with E-state index < -0.39 is 6.03 Å². The van der Waals surface area contributed by atoms with Crippen LogP contribution in [0, 0.1) is 0 Å². The molecule has 0 atom stereocenters. The van der Waals surface area contributed by atoms with E-state index in [9.17, 15) is 9.59 Å². The van der Waals surface area contributed by atoms with Crippen LogP contribution in [0.3, 0.4) is 0 Å². The van der Waals surface area contributed by atoms with Crippen LogP contribution in [0.25, 0.3) is 0 Å². The standard InChI is InChI=1S/C20H26N2O7/c1-5-28-18(23)8-9-22(13-15-7-6-10-29-15)20(24)21-14-11-16(25-2)19(27-4)17(12-14)26-3/h6-7,10-12H,5,8-9,13H2,1-4H3,(H,21,24). The lowest BCUT2D eigenvalue weighted by Gasteiger charge is -2.22. The second-order valence-corrected chi connectivity index (χ2v) is 5.90. The van der Waals surface area contributed by atoms with Gasteiger partial charge in [0.25, 0.3) is 0 Å². The molecule has 0 aliphatic heterocycles. The topological polar surface area (TPSA) is 99.5 Å². The number of anilines is 1. The molecule has 2 aromatic rings. The number of furan rings is 1. The Morgan fingerprint density at radius 1 is 1.10 bits per heavy atom. The van der Waals surface area contributed by atoms with Crippen molar-refractivity contribution in [3.8, 4) is 17.2 Å². The third-order valence-electron chi connectivity index (χ3n) is 4.02. The summed E-state index contributed by atoms with van der Waals surface area (Å²) in [6.45, 7) is 2.38. The monoisotopic (exact) mass is 406 g/mol. The smallest absolute Gasteiger partial charge is 0.322 e. The fourth-order valence-corrected chi connectivity index (χ4v) is 2.66. The number of nitrogens with zero attached hydrogens (tertiary/aromatic N) is 1. The molecule has 158 valence electrons. The predicted molar refractivity (Wildman–Crippen MR) is 105 cm³/mol. The average molecular weight is 406 g/mol. The van der Waals surface area contributed by atoms with Crippen molar-refractivity contribution >= 4 is 17.7 Å². The van der Waals surface area contributed by atoms with Crippen molar-refractivity contribution in [2.45, 2.75) is 19.9 Å². The maximum atomic E-state index is 12.9. The molecule has 29 heavy (non-hydrogen) atoms. The van der Waals surface area contributed by atoms with Crippen molar-refractivity contribution < 1.29 is 33.0 Å². The summed E-state index contributed by atoms with van der Waals surface area (Å²) in [6.07, 6.45) is 1.59. The molecule has 0 radical (unpaired) electrons. The minimum atomic E-state index is -0.417. The summed E-state index contributed by atoms with van der Waals surface area (Å²) in [5.74, 6) is 1.45. The Labute approximate surface area is 169 Å². The average Bonchev–Trinajstić information content (AvgIpc) is 3.23. The SMILES string of the molecule is CCOC(=O)CCN(Cc1ccco1)C(=O)Nc1cc(OC)c(OC)c(OC)c1. The molecule has 9 heteroatoms. The Kier molecular flexibility index (Phi) is 8.20. The van der Waals surface area contributed by atoms with E-state index in [4.69, 9.17) is 23.4 Å². The van der Waals surface area contributed by atoms with Gasteiger partial charge in [0.2, 0.25) is 5.75 Å². The molecule has 0 aliphatic carbocycles. The van der Waals surface area contributed by atoms with E-state index in [0.717, 1.165) is 0 Å². The number of hydrogen-bond donors (Lipinski definition) is 1. The first kappa shape index (κ1) is 21.9. The molecule has 0 saturated carbocycles. The molecule has 0 unspecified atom stereocenters. The van der Waals surface area contributed by atoms with Gasteiger partial charge in [-0.3, -0.25) is 4.79 Å².